The molecule has 6 nitrogen and oxygen atoms in total. The number of nitrogens with one attached hydrogen (secondary N) is 1. The van der Waals surface area contributed by atoms with E-state index in [9.17, 15) is 14.9 Å². The van der Waals surface area contributed by atoms with Gasteiger partial charge in [0.15, 0.2) is 5.13 Å². The summed E-state index contributed by atoms with van der Waals surface area (Å²) >= 11 is 1.47. The molecule has 0 spiro atoms. The molecule has 0 aliphatic carbocycles. The molecular formula is C21H21N3O3S. The largest absolute Gasteiger partial charge is 0.298 e. The molecule has 1 amide bonds. The normalized spacial score (nSPS) is 10.7. The second-order valence-electron chi connectivity index (χ2n) is 6.60. The standard InChI is InChI=1S/C21H21N3O3S/c1-4-5-18-19(16-7-6-13(2)14(3)12-16)22-21(28-18)23-20(25)15-8-10-17(11-9-15)24(26)27/h6-12H,4-5H2,1-3H3,(H,22,23,25). The predicted octanol–water partition coefficient (Wildman–Crippen LogP) is 5.54. The molecule has 0 aliphatic heterocycles. The van der Waals surface area contributed by atoms with Crippen molar-refractivity contribution in [2.75, 3.05) is 5.32 Å². The lowest BCUT2D eigenvalue weighted by Crippen LogP contribution is -2.11. The van der Waals surface area contributed by atoms with E-state index >= 15 is 0 Å². The number of thiazole rings is 1. The van der Waals surface area contributed by atoms with E-state index in [1.54, 1.807) is 0 Å². The number of hydrogen-bond acceptors (Lipinski definition) is 5. The van der Waals surface area contributed by atoms with Crippen molar-refractivity contribution >= 4 is 28.1 Å². The smallest absolute Gasteiger partial charge is 0.269 e. The highest BCUT2D eigenvalue weighted by Crippen LogP contribution is 2.33. The van der Waals surface area contributed by atoms with E-state index in [4.69, 9.17) is 0 Å². The molecule has 0 fully saturated rings. The molecule has 0 atom stereocenters. The number of anilines is 1. The summed E-state index contributed by atoms with van der Waals surface area (Å²) in [5.41, 5.74) is 4.67. The number of nitro groups is 1. The van der Waals surface area contributed by atoms with Gasteiger partial charge in [-0.2, -0.15) is 0 Å². The van der Waals surface area contributed by atoms with E-state index in [2.05, 4.69) is 49.3 Å². The van der Waals surface area contributed by atoms with Crippen LogP contribution in [0.5, 0.6) is 0 Å². The molecule has 3 aromatic rings. The van der Waals surface area contributed by atoms with Crippen LogP contribution in [0.15, 0.2) is 42.5 Å². The summed E-state index contributed by atoms with van der Waals surface area (Å²) in [6.07, 6.45) is 1.86. The predicted molar refractivity (Wildman–Crippen MR) is 112 cm³/mol. The Morgan fingerprint density at radius 1 is 1.14 bits per heavy atom. The lowest BCUT2D eigenvalue weighted by atomic mass is 10.0. The molecule has 0 saturated carbocycles. The molecule has 0 radical (unpaired) electrons. The summed E-state index contributed by atoms with van der Waals surface area (Å²) < 4.78 is 0. The van der Waals surface area contributed by atoms with Crippen LogP contribution >= 0.6 is 11.3 Å². The van der Waals surface area contributed by atoms with Crippen molar-refractivity contribution < 1.29 is 9.72 Å². The van der Waals surface area contributed by atoms with Gasteiger partial charge in [-0.15, -0.1) is 11.3 Å². The van der Waals surface area contributed by atoms with Crippen LogP contribution in [-0.2, 0) is 6.42 Å². The minimum atomic E-state index is -0.491. The molecule has 3 rings (SSSR count). The van der Waals surface area contributed by atoms with Gasteiger partial charge in [-0.1, -0.05) is 25.5 Å². The Bertz CT molecular complexity index is 1030. The number of amides is 1. The quantitative estimate of drug-likeness (QED) is 0.439. The van der Waals surface area contributed by atoms with Gasteiger partial charge in [0.2, 0.25) is 0 Å². The summed E-state index contributed by atoms with van der Waals surface area (Å²) in [5.74, 6) is -0.335. The Morgan fingerprint density at radius 3 is 2.46 bits per heavy atom. The lowest BCUT2D eigenvalue weighted by molar-refractivity contribution is -0.384. The van der Waals surface area contributed by atoms with Crippen LogP contribution in [0, 0.1) is 24.0 Å². The van der Waals surface area contributed by atoms with Crippen molar-refractivity contribution in [2.24, 2.45) is 0 Å². The van der Waals surface area contributed by atoms with Gasteiger partial charge in [-0.25, -0.2) is 4.98 Å². The highest BCUT2D eigenvalue weighted by Gasteiger charge is 2.16. The zero-order chi connectivity index (χ0) is 20.3. The summed E-state index contributed by atoms with van der Waals surface area (Å²) in [7, 11) is 0. The molecule has 144 valence electrons. The minimum Gasteiger partial charge on any atom is -0.298 e. The number of hydrogen-bond donors (Lipinski definition) is 1. The fourth-order valence-corrected chi connectivity index (χ4v) is 3.90. The van der Waals surface area contributed by atoms with Gasteiger partial charge in [-0.3, -0.25) is 20.2 Å². The van der Waals surface area contributed by atoms with Crippen LogP contribution in [0.25, 0.3) is 11.3 Å². The van der Waals surface area contributed by atoms with E-state index in [1.807, 2.05) is 0 Å². The molecule has 7 heteroatoms. The van der Waals surface area contributed by atoms with E-state index in [-0.39, 0.29) is 11.6 Å². The van der Waals surface area contributed by atoms with Gasteiger partial charge in [0.05, 0.1) is 10.6 Å². The van der Waals surface area contributed by atoms with Crippen LogP contribution in [0.3, 0.4) is 0 Å². The van der Waals surface area contributed by atoms with E-state index in [1.165, 1.54) is 46.7 Å². The Morgan fingerprint density at radius 2 is 1.86 bits per heavy atom. The molecule has 1 N–H and O–H groups in total. The Kier molecular flexibility index (Phi) is 5.84. The second kappa shape index (κ2) is 8.31. The molecule has 1 heterocycles. The second-order valence-corrected chi connectivity index (χ2v) is 7.68. The highest BCUT2D eigenvalue weighted by molar-refractivity contribution is 7.16. The van der Waals surface area contributed by atoms with E-state index in [0.29, 0.717) is 10.7 Å². The van der Waals surface area contributed by atoms with Crippen molar-refractivity contribution in [2.45, 2.75) is 33.6 Å². The highest BCUT2D eigenvalue weighted by atomic mass is 32.1. The Hall–Kier alpha value is -3.06. The van der Waals surface area contributed by atoms with Crippen molar-refractivity contribution in [1.29, 1.82) is 0 Å². The Labute approximate surface area is 167 Å². The minimum absolute atomic E-state index is 0.0481. The van der Waals surface area contributed by atoms with Crippen LogP contribution in [0.4, 0.5) is 10.8 Å². The summed E-state index contributed by atoms with van der Waals surface area (Å²) in [4.78, 5) is 28.5. The first-order valence-corrected chi connectivity index (χ1v) is 9.83. The first-order chi connectivity index (χ1) is 13.4. The number of nitrogens with zero attached hydrogens (tertiary/aromatic N) is 2. The molecule has 0 saturated heterocycles. The van der Waals surface area contributed by atoms with Gasteiger partial charge in [-0.05, 0) is 49.6 Å². The van der Waals surface area contributed by atoms with Gasteiger partial charge in [0.25, 0.3) is 11.6 Å². The zero-order valence-corrected chi connectivity index (χ0v) is 16.8. The lowest BCUT2D eigenvalue weighted by Gasteiger charge is -2.05. The topological polar surface area (TPSA) is 85.1 Å². The number of benzene rings is 2. The summed E-state index contributed by atoms with van der Waals surface area (Å²) in [6.45, 7) is 6.25. The third-order valence-corrected chi connectivity index (χ3v) is 5.55. The van der Waals surface area contributed by atoms with E-state index in [0.717, 1.165) is 29.0 Å². The number of rotatable bonds is 6. The monoisotopic (exact) mass is 395 g/mol. The van der Waals surface area contributed by atoms with Crippen molar-refractivity contribution in [3.8, 4) is 11.3 Å². The molecule has 2 aromatic carbocycles. The van der Waals surface area contributed by atoms with Crippen molar-refractivity contribution in [3.05, 3.63) is 74.1 Å². The number of aromatic nitrogens is 1. The fourth-order valence-electron chi connectivity index (χ4n) is 2.82. The molecule has 0 bridgehead atoms. The first kappa shape index (κ1) is 19.7. The number of nitro benzene ring substituents is 1. The SMILES string of the molecule is CCCc1sc(NC(=O)c2ccc([N+](=O)[O-])cc2)nc1-c1ccc(C)c(C)c1. The third kappa shape index (κ3) is 4.26. The van der Waals surface area contributed by atoms with Gasteiger partial charge >= 0.3 is 0 Å². The summed E-state index contributed by atoms with van der Waals surface area (Å²) in [6, 6.07) is 11.8. The third-order valence-electron chi connectivity index (χ3n) is 4.52. The maximum atomic E-state index is 12.5. The van der Waals surface area contributed by atoms with Crippen LogP contribution in [0.1, 0.15) is 39.7 Å². The average molecular weight is 395 g/mol. The molecule has 0 aliphatic rings. The molecule has 0 unspecified atom stereocenters. The maximum absolute atomic E-state index is 12.5. The van der Waals surface area contributed by atoms with Gasteiger partial charge in [0.1, 0.15) is 0 Å². The summed E-state index contributed by atoms with van der Waals surface area (Å²) in [5, 5.41) is 14.1. The first-order valence-electron chi connectivity index (χ1n) is 9.02. The van der Waals surface area contributed by atoms with Gasteiger partial charge in [0, 0.05) is 28.1 Å². The number of non-ortho nitro benzene ring substituents is 1. The van der Waals surface area contributed by atoms with Crippen molar-refractivity contribution in [3.63, 3.8) is 0 Å². The van der Waals surface area contributed by atoms with Gasteiger partial charge < -0.3 is 0 Å². The van der Waals surface area contributed by atoms with Crippen LogP contribution < -0.4 is 5.32 Å². The zero-order valence-electron chi connectivity index (χ0n) is 16.0. The number of aryl methyl sites for hydroxylation is 3. The fraction of sp³-hybridized carbons (Fsp3) is 0.238. The van der Waals surface area contributed by atoms with E-state index < -0.39 is 4.92 Å². The molecule has 1 aromatic heterocycles. The van der Waals surface area contributed by atoms with Crippen LogP contribution in [0.2, 0.25) is 0 Å². The molecule has 28 heavy (non-hydrogen) atoms. The van der Waals surface area contributed by atoms with Crippen molar-refractivity contribution in [1.82, 2.24) is 4.98 Å². The Balaban J connectivity index is 1.87. The molecular weight excluding hydrogens is 374 g/mol. The maximum Gasteiger partial charge on any atom is 0.269 e. The average Bonchev–Trinajstić information content (AvgIpc) is 3.06. The van der Waals surface area contributed by atoms with Crippen LogP contribution in [-0.4, -0.2) is 15.8 Å². The number of carbonyl (C=O) groups is 1. The number of carbonyl (C=O) groups excluding carboxylic acids is 1.